The van der Waals surface area contributed by atoms with Crippen LogP contribution in [0.5, 0.6) is 5.75 Å². The summed E-state index contributed by atoms with van der Waals surface area (Å²) in [5, 5.41) is 13.2. The average Bonchev–Trinajstić information content (AvgIpc) is 2.83. The predicted octanol–water partition coefficient (Wildman–Crippen LogP) is 3.65. The van der Waals surface area contributed by atoms with Gasteiger partial charge in [-0.3, -0.25) is 4.79 Å². The summed E-state index contributed by atoms with van der Waals surface area (Å²) in [5.41, 5.74) is 1.08. The van der Waals surface area contributed by atoms with Gasteiger partial charge in [0.2, 0.25) is 0 Å². The molecule has 0 aliphatic carbocycles. The molecule has 0 radical (unpaired) electrons. The Labute approximate surface area is 189 Å². The SMILES string of the molecule is O=C(COc1ccc(-c2cc3ccccc3c(=O)o2)cc1)N[C@H](Cc1ccccc1)C(=O)O. The molecule has 2 N–H and O–H groups in total. The van der Waals surface area contributed by atoms with Gasteiger partial charge in [0.1, 0.15) is 17.6 Å². The summed E-state index contributed by atoms with van der Waals surface area (Å²) in [7, 11) is 0. The van der Waals surface area contributed by atoms with E-state index in [0.29, 0.717) is 22.5 Å². The Kier molecular flexibility index (Phi) is 6.50. The van der Waals surface area contributed by atoms with Crippen LogP contribution in [0.2, 0.25) is 0 Å². The van der Waals surface area contributed by atoms with Crippen LogP contribution in [0.1, 0.15) is 5.56 Å². The fraction of sp³-hybridized carbons (Fsp3) is 0.115. The third kappa shape index (κ3) is 5.46. The lowest BCUT2D eigenvalue weighted by molar-refractivity contribution is -0.142. The Morgan fingerprint density at radius 3 is 2.36 bits per heavy atom. The maximum Gasteiger partial charge on any atom is 0.344 e. The molecule has 4 rings (SSSR count). The molecule has 0 aliphatic heterocycles. The van der Waals surface area contributed by atoms with E-state index in [0.717, 1.165) is 10.9 Å². The first-order valence-electron chi connectivity index (χ1n) is 10.3. The smallest absolute Gasteiger partial charge is 0.344 e. The molecule has 0 fully saturated rings. The second-order valence-electron chi connectivity index (χ2n) is 7.45. The minimum atomic E-state index is -1.12. The van der Waals surface area contributed by atoms with E-state index in [2.05, 4.69) is 5.32 Å². The molecule has 4 aromatic rings. The quantitative estimate of drug-likeness (QED) is 0.431. The van der Waals surface area contributed by atoms with Gasteiger partial charge in [0, 0.05) is 12.0 Å². The molecule has 7 heteroatoms. The number of aliphatic carboxylic acids is 1. The maximum atomic E-state index is 12.2. The van der Waals surface area contributed by atoms with Crippen LogP contribution in [-0.2, 0) is 16.0 Å². The van der Waals surface area contributed by atoms with E-state index in [1.54, 1.807) is 54.6 Å². The van der Waals surface area contributed by atoms with E-state index >= 15 is 0 Å². The number of carbonyl (C=O) groups excluding carboxylic acids is 1. The summed E-state index contributed by atoms with van der Waals surface area (Å²) in [6.45, 7) is -0.330. The van der Waals surface area contributed by atoms with Crippen molar-refractivity contribution in [2.24, 2.45) is 0 Å². The van der Waals surface area contributed by atoms with Crippen LogP contribution in [-0.4, -0.2) is 29.6 Å². The van der Waals surface area contributed by atoms with Crippen LogP contribution in [0, 0.1) is 0 Å². The van der Waals surface area contributed by atoms with Crippen molar-refractivity contribution >= 4 is 22.6 Å². The van der Waals surface area contributed by atoms with E-state index < -0.39 is 23.5 Å². The number of fused-ring (bicyclic) bond motifs is 1. The second-order valence-corrected chi connectivity index (χ2v) is 7.45. The van der Waals surface area contributed by atoms with Gasteiger partial charge in [0.05, 0.1) is 5.39 Å². The van der Waals surface area contributed by atoms with Gasteiger partial charge in [-0.2, -0.15) is 0 Å². The second kappa shape index (κ2) is 9.82. The molecular formula is C26H21NO6. The highest BCUT2D eigenvalue weighted by atomic mass is 16.5. The molecule has 3 aromatic carbocycles. The van der Waals surface area contributed by atoms with E-state index in [1.165, 1.54) is 0 Å². The van der Waals surface area contributed by atoms with Crippen molar-refractivity contribution in [3.8, 4) is 17.1 Å². The number of amides is 1. The fourth-order valence-electron chi connectivity index (χ4n) is 3.43. The molecule has 0 saturated carbocycles. The largest absolute Gasteiger partial charge is 0.484 e. The number of carbonyl (C=O) groups is 2. The van der Waals surface area contributed by atoms with Crippen LogP contribution in [0.25, 0.3) is 22.1 Å². The molecule has 0 saturated heterocycles. The highest BCUT2D eigenvalue weighted by molar-refractivity contribution is 5.85. The zero-order valence-electron chi connectivity index (χ0n) is 17.6. The minimum Gasteiger partial charge on any atom is -0.484 e. The highest BCUT2D eigenvalue weighted by Gasteiger charge is 2.20. The van der Waals surface area contributed by atoms with Crippen molar-refractivity contribution in [3.63, 3.8) is 0 Å². The van der Waals surface area contributed by atoms with Gasteiger partial charge in [0.15, 0.2) is 6.61 Å². The van der Waals surface area contributed by atoms with Crippen LogP contribution >= 0.6 is 0 Å². The zero-order chi connectivity index (χ0) is 23.2. The first-order chi connectivity index (χ1) is 16.0. The molecule has 1 heterocycles. The number of hydrogen-bond acceptors (Lipinski definition) is 5. The number of benzene rings is 3. The minimum absolute atomic E-state index is 0.174. The van der Waals surface area contributed by atoms with Gasteiger partial charge >= 0.3 is 11.6 Å². The summed E-state index contributed by atoms with van der Waals surface area (Å²) in [6, 6.07) is 23.7. The third-order valence-corrected chi connectivity index (χ3v) is 5.09. The Bertz CT molecular complexity index is 1330. The van der Waals surface area contributed by atoms with Gasteiger partial charge in [-0.25, -0.2) is 9.59 Å². The first kappa shape index (κ1) is 21.8. The number of carboxylic acids is 1. The van der Waals surface area contributed by atoms with E-state index in [-0.39, 0.29) is 13.0 Å². The summed E-state index contributed by atoms with van der Waals surface area (Å²) in [4.78, 5) is 35.9. The van der Waals surface area contributed by atoms with Crippen molar-refractivity contribution in [1.82, 2.24) is 5.32 Å². The summed E-state index contributed by atoms with van der Waals surface area (Å²) < 4.78 is 10.9. The monoisotopic (exact) mass is 443 g/mol. The number of hydrogen-bond donors (Lipinski definition) is 2. The maximum absolute atomic E-state index is 12.2. The Hall–Kier alpha value is -4.39. The molecule has 166 valence electrons. The van der Waals surface area contributed by atoms with E-state index in [4.69, 9.17) is 9.15 Å². The molecule has 0 aliphatic rings. The van der Waals surface area contributed by atoms with E-state index in [1.807, 2.05) is 30.3 Å². The highest BCUT2D eigenvalue weighted by Crippen LogP contribution is 2.24. The van der Waals surface area contributed by atoms with Crippen molar-refractivity contribution in [2.75, 3.05) is 6.61 Å². The van der Waals surface area contributed by atoms with Crippen molar-refractivity contribution < 1.29 is 23.8 Å². The molecular weight excluding hydrogens is 422 g/mol. The van der Waals surface area contributed by atoms with Crippen molar-refractivity contribution in [3.05, 3.63) is 101 Å². The zero-order valence-corrected chi connectivity index (χ0v) is 17.6. The molecule has 0 bridgehead atoms. The number of nitrogens with one attached hydrogen (secondary N) is 1. The summed E-state index contributed by atoms with van der Waals surface area (Å²) in [6.07, 6.45) is 0.174. The normalized spacial score (nSPS) is 11.6. The lowest BCUT2D eigenvalue weighted by atomic mass is 10.1. The predicted molar refractivity (Wildman–Crippen MR) is 123 cm³/mol. The molecule has 0 spiro atoms. The number of carboxylic acid groups (broad SMARTS) is 1. The van der Waals surface area contributed by atoms with Gasteiger partial charge in [0.25, 0.3) is 5.91 Å². The first-order valence-corrected chi connectivity index (χ1v) is 10.3. The van der Waals surface area contributed by atoms with Gasteiger partial charge in [-0.15, -0.1) is 0 Å². The summed E-state index contributed by atoms with van der Waals surface area (Å²) >= 11 is 0. The van der Waals surface area contributed by atoms with Crippen LogP contribution in [0.4, 0.5) is 0 Å². The fourth-order valence-corrected chi connectivity index (χ4v) is 3.43. The van der Waals surface area contributed by atoms with Gasteiger partial charge < -0.3 is 19.6 Å². The Morgan fingerprint density at radius 1 is 0.939 bits per heavy atom. The summed E-state index contributed by atoms with van der Waals surface area (Å²) in [5.74, 6) is -0.809. The lowest BCUT2D eigenvalue weighted by Gasteiger charge is -2.15. The molecule has 1 amide bonds. The number of ether oxygens (including phenoxy) is 1. The van der Waals surface area contributed by atoms with Crippen LogP contribution < -0.4 is 15.7 Å². The molecule has 0 unspecified atom stereocenters. The van der Waals surface area contributed by atoms with Gasteiger partial charge in [-0.1, -0.05) is 48.5 Å². The van der Waals surface area contributed by atoms with E-state index in [9.17, 15) is 19.5 Å². The molecule has 7 nitrogen and oxygen atoms in total. The average molecular weight is 443 g/mol. The molecule has 1 aromatic heterocycles. The topological polar surface area (TPSA) is 106 Å². The molecule has 33 heavy (non-hydrogen) atoms. The lowest BCUT2D eigenvalue weighted by Crippen LogP contribution is -2.44. The van der Waals surface area contributed by atoms with Crippen LogP contribution in [0.3, 0.4) is 0 Å². The number of rotatable bonds is 8. The third-order valence-electron chi connectivity index (χ3n) is 5.09. The van der Waals surface area contributed by atoms with Gasteiger partial charge in [-0.05, 0) is 47.3 Å². The Morgan fingerprint density at radius 2 is 1.64 bits per heavy atom. The standard InChI is InChI=1S/C26H21NO6/c28-24(27-22(25(29)30)14-17-6-2-1-3-7-17)16-32-20-12-10-18(11-13-20)23-15-19-8-4-5-9-21(19)26(31)33-23/h1-13,15,22H,14,16H2,(H,27,28)(H,29,30)/t22-/m1/s1. The van der Waals surface area contributed by atoms with Crippen molar-refractivity contribution in [2.45, 2.75) is 12.5 Å². The van der Waals surface area contributed by atoms with Crippen LogP contribution in [0.15, 0.2) is 94.1 Å². The Balaban J connectivity index is 1.37. The molecule has 1 atom stereocenters. The van der Waals surface area contributed by atoms with Crippen molar-refractivity contribution in [1.29, 1.82) is 0 Å².